The average Bonchev–Trinajstić information content (AvgIpc) is 2.74. The lowest BCUT2D eigenvalue weighted by atomic mass is 10.2. The molecule has 0 aliphatic heterocycles. The second kappa shape index (κ2) is 8.12. The Kier molecular flexibility index (Phi) is 5.23. The van der Waals surface area contributed by atoms with Crippen LogP contribution in [0.2, 0.25) is 0 Å². The predicted molar refractivity (Wildman–Crippen MR) is 107 cm³/mol. The normalized spacial score (nSPS) is 10.6. The van der Waals surface area contributed by atoms with Crippen molar-refractivity contribution in [3.8, 4) is 22.8 Å². The van der Waals surface area contributed by atoms with Crippen LogP contribution in [0.15, 0.2) is 95.2 Å². The van der Waals surface area contributed by atoms with Gasteiger partial charge in [0.1, 0.15) is 10.1 Å². The minimum Gasteiger partial charge on any atom is -0.255 e. The fraction of sp³-hybridized carbons (Fsp3) is 0. The summed E-state index contributed by atoms with van der Waals surface area (Å²) >= 11 is 0. The van der Waals surface area contributed by atoms with Crippen molar-refractivity contribution in [2.45, 2.75) is 10.1 Å². The standard InChI is InChI=1S/C20H14N4S2/c1-3-13-21-15(7-1)17-9-5-11-19(23-17)25-26-20-12-6-10-18(24-20)16-8-2-4-14-22-16/h1-14H. The van der Waals surface area contributed by atoms with E-state index in [-0.39, 0.29) is 0 Å². The lowest BCUT2D eigenvalue weighted by molar-refractivity contribution is 1.12. The van der Waals surface area contributed by atoms with Gasteiger partial charge in [-0.15, -0.1) is 0 Å². The molecule has 26 heavy (non-hydrogen) atoms. The fourth-order valence-electron chi connectivity index (χ4n) is 2.32. The Labute approximate surface area is 159 Å². The van der Waals surface area contributed by atoms with Crippen LogP contribution >= 0.6 is 21.6 Å². The molecule has 0 aromatic carbocycles. The molecule has 0 aliphatic rings. The summed E-state index contributed by atoms with van der Waals surface area (Å²) in [6.45, 7) is 0. The van der Waals surface area contributed by atoms with Gasteiger partial charge >= 0.3 is 0 Å². The Hall–Kier alpha value is -2.70. The van der Waals surface area contributed by atoms with Gasteiger partial charge in [0.15, 0.2) is 0 Å². The summed E-state index contributed by atoms with van der Waals surface area (Å²) in [6.07, 6.45) is 3.55. The first kappa shape index (κ1) is 16.8. The van der Waals surface area contributed by atoms with Crippen LogP contribution in [0.3, 0.4) is 0 Å². The maximum atomic E-state index is 4.68. The Morgan fingerprint density at radius 3 is 1.35 bits per heavy atom. The second-order valence-corrected chi connectivity index (χ2v) is 7.49. The van der Waals surface area contributed by atoms with Crippen LogP contribution in [0.1, 0.15) is 0 Å². The molecule has 4 nitrogen and oxygen atoms in total. The third-order valence-corrected chi connectivity index (χ3v) is 5.67. The molecule has 0 atom stereocenters. The van der Waals surface area contributed by atoms with Crippen LogP contribution in [0, 0.1) is 0 Å². The summed E-state index contributed by atoms with van der Waals surface area (Å²) in [4.78, 5) is 18.1. The Bertz CT molecular complexity index is 912. The van der Waals surface area contributed by atoms with Crippen molar-refractivity contribution in [3.63, 3.8) is 0 Å². The first-order valence-electron chi connectivity index (χ1n) is 8.00. The molecular weight excluding hydrogens is 360 g/mol. The summed E-state index contributed by atoms with van der Waals surface area (Å²) in [5, 5.41) is 1.84. The fourth-order valence-corrected chi connectivity index (χ4v) is 4.10. The summed E-state index contributed by atoms with van der Waals surface area (Å²) in [6, 6.07) is 23.6. The number of pyridine rings is 4. The van der Waals surface area contributed by atoms with Crippen LogP contribution in [0.25, 0.3) is 22.8 Å². The van der Waals surface area contributed by atoms with Crippen LogP contribution in [-0.2, 0) is 0 Å². The van der Waals surface area contributed by atoms with Crippen molar-refractivity contribution >= 4 is 21.6 Å². The minimum absolute atomic E-state index is 0.867. The van der Waals surface area contributed by atoms with E-state index in [1.165, 1.54) is 0 Å². The molecule has 0 N–H and O–H groups in total. The molecular formula is C20H14N4S2. The largest absolute Gasteiger partial charge is 0.255 e. The zero-order valence-electron chi connectivity index (χ0n) is 13.7. The van der Waals surface area contributed by atoms with Crippen molar-refractivity contribution in [1.29, 1.82) is 0 Å². The molecule has 126 valence electrons. The van der Waals surface area contributed by atoms with E-state index in [0.717, 1.165) is 32.8 Å². The highest BCUT2D eigenvalue weighted by atomic mass is 33.1. The predicted octanol–water partition coefficient (Wildman–Crippen LogP) is 5.40. The van der Waals surface area contributed by atoms with E-state index < -0.39 is 0 Å². The van der Waals surface area contributed by atoms with Crippen molar-refractivity contribution in [1.82, 2.24) is 19.9 Å². The first-order chi connectivity index (χ1) is 12.9. The Balaban J connectivity index is 1.50. The number of aromatic nitrogens is 4. The van der Waals surface area contributed by atoms with Crippen LogP contribution < -0.4 is 0 Å². The average molecular weight is 374 g/mol. The summed E-state index contributed by atoms with van der Waals surface area (Å²) in [7, 11) is 3.16. The van der Waals surface area contributed by atoms with Gasteiger partial charge in [-0.2, -0.15) is 0 Å². The molecule has 0 saturated heterocycles. The Morgan fingerprint density at radius 1 is 0.462 bits per heavy atom. The van der Waals surface area contributed by atoms with E-state index in [0.29, 0.717) is 0 Å². The van der Waals surface area contributed by atoms with Gasteiger partial charge in [0.2, 0.25) is 0 Å². The minimum atomic E-state index is 0.867. The van der Waals surface area contributed by atoms with Gasteiger partial charge in [0.25, 0.3) is 0 Å². The van der Waals surface area contributed by atoms with Gasteiger partial charge in [-0.3, -0.25) is 9.97 Å². The molecule has 0 radical (unpaired) electrons. The summed E-state index contributed by atoms with van der Waals surface area (Å²) in [5.41, 5.74) is 3.48. The number of nitrogens with zero attached hydrogens (tertiary/aromatic N) is 4. The van der Waals surface area contributed by atoms with Crippen molar-refractivity contribution in [3.05, 3.63) is 85.2 Å². The third kappa shape index (κ3) is 4.09. The van der Waals surface area contributed by atoms with Gasteiger partial charge in [-0.05, 0) is 70.1 Å². The molecule has 0 amide bonds. The smallest absolute Gasteiger partial charge is 0.108 e. The van der Waals surface area contributed by atoms with E-state index >= 15 is 0 Å². The monoisotopic (exact) mass is 374 g/mol. The first-order valence-corrected chi connectivity index (χ1v) is 10.1. The van der Waals surface area contributed by atoms with Crippen LogP contribution in [0.5, 0.6) is 0 Å². The van der Waals surface area contributed by atoms with Gasteiger partial charge < -0.3 is 0 Å². The molecule has 0 bridgehead atoms. The lowest BCUT2D eigenvalue weighted by Crippen LogP contribution is -1.88. The molecule has 0 unspecified atom stereocenters. The molecule has 0 spiro atoms. The molecule has 4 aromatic rings. The van der Waals surface area contributed by atoms with Gasteiger partial charge in [-0.25, -0.2) is 9.97 Å². The number of rotatable bonds is 5. The van der Waals surface area contributed by atoms with E-state index in [9.17, 15) is 0 Å². The molecule has 4 aromatic heterocycles. The highest BCUT2D eigenvalue weighted by Gasteiger charge is 2.06. The van der Waals surface area contributed by atoms with Crippen molar-refractivity contribution in [2.24, 2.45) is 0 Å². The van der Waals surface area contributed by atoms with Gasteiger partial charge in [-0.1, -0.05) is 24.3 Å². The second-order valence-electron chi connectivity index (χ2n) is 5.32. The molecule has 0 saturated carbocycles. The number of hydrogen-bond donors (Lipinski definition) is 0. The van der Waals surface area contributed by atoms with Gasteiger partial charge in [0.05, 0.1) is 22.8 Å². The van der Waals surface area contributed by atoms with E-state index in [1.807, 2.05) is 72.8 Å². The Morgan fingerprint density at radius 2 is 0.923 bits per heavy atom. The third-order valence-electron chi connectivity index (χ3n) is 3.51. The molecule has 4 heterocycles. The SMILES string of the molecule is c1ccc(-c2cccc(SSc3cccc(-c4ccccn4)n3)n2)nc1. The maximum absolute atomic E-state index is 4.68. The maximum Gasteiger partial charge on any atom is 0.108 e. The molecule has 0 aliphatic carbocycles. The molecule has 0 fully saturated rings. The quantitative estimate of drug-likeness (QED) is 0.436. The molecule has 4 rings (SSSR count). The molecule has 6 heteroatoms. The summed E-state index contributed by atoms with van der Waals surface area (Å²) < 4.78 is 0. The van der Waals surface area contributed by atoms with E-state index in [2.05, 4.69) is 19.9 Å². The van der Waals surface area contributed by atoms with Crippen molar-refractivity contribution < 1.29 is 0 Å². The lowest BCUT2D eigenvalue weighted by Gasteiger charge is -2.05. The van der Waals surface area contributed by atoms with Crippen LogP contribution in [-0.4, -0.2) is 19.9 Å². The zero-order chi connectivity index (χ0) is 17.6. The van der Waals surface area contributed by atoms with E-state index in [1.54, 1.807) is 34.0 Å². The number of hydrogen-bond acceptors (Lipinski definition) is 6. The highest BCUT2D eigenvalue weighted by Crippen LogP contribution is 2.36. The highest BCUT2D eigenvalue weighted by molar-refractivity contribution is 8.76. The van der Waals surface area contributed by atoms with Crippen molar-refractivity contribution in [2.75, 3.05) is 0 Å². The topological polar surface area (TPSA) is 51.6 Å². The zero-order valence-corrected chi connectivity index (χ0v) is 15.3. The summed E-state index contributed by atoms with van der Waals surface area (Å²) in [5.74, 6) is 0. The van der Waals surface area contributed by atoms with E-state index in [4.69, 9.17) is 0 Å². The van der Waals surface area contributed by atoms with Crippen LogP contribution in [0.4, 0.5) is 0 Å². The van der Waals surface area contributed by atoms with Gasteiger partial charge in [0, 0.05) is 12.4 Å².